The summed E-state index contributed by atoms with van der Waals surface area (Å²) in [5, 5.41) is 2.61. The minimum atomic E-state index is -4.36. The van der Waals surface area contributed by atoms with Gasteiger partial charge in [0.25, 0.3) is 0 Å². The molecule has 0 bridgehead atoms. The van der Waals surface area contributed by atoms with Crippen LogP contribution >= 0.6 is 0 Å². The SMILES string of the molecule is O=C(CCOCC(F)(F)F)NCCCN1CCCCCC1=O. The minimum Gasteiger partial charge on any atom is -0.372 e. The molecule has 128 valence electrons. The normalized spacial score (nSPS) is 16.5. The van der Waals surface area contributed by atoms with Crippen LogP contribution in [-0.2, 0) is 14.3 Å². The maximum absolute atomic E-state index is 11.8. The molecular weight excluding hydrogens is 301 g/mol. The zero-order valence-electron chi connectivity index (χ0n) is 12.6. The molecule has 1 saturated heterocycles. The zero-order valence-corrected chi connectivity index (χ0v) is 12.6. The van der Waals surface area contributed by atoms with Crippen LogP contribution in [0.1, 0.15) is 38.5 Å². The van der Waals surface area contributed by atoms with Gasteiger partial charge >= 0.3 is 6.18 Å². The highest BCUT2D eigenvalue weighted by Crippen LogP contribution is 2.14. The summed E-state index contributed by atoms with van der Waals surface area (Å²) in [5.74, 6) is -0.186. The first-order valence-electron chi connectivity index (χ1n) is 7.57. The van der Waals surface area contributed by atoms with Gasteiger partial charge in [0.2, 0.25) is 11.8 Å². The topological polar surface area (TPSA) is 58.6 Å². The van der Waals surface area contributed by atoms with Crippen LogP contribution in [0.5, 0.6) is 0 Å². The van der Waals surface area contributed by atoms with E-state index in [0.29, 0.717) is 25.9 Å². The highest BCUT2D eigenvalue weighted by atomic mass is 19.4. The molecule has 0 aromatic carbocycles. The van der Waals surface area contributed by atoms with E-state index in [1.165, 1.54) is 0 Å². The van der Waals surface area contributed by atoms with E-state index in [1.54, 1.807) is 0 Å². The molecule has 0 atom stereocenters. The molecule has 0 aliphatic carbocycles. The van der Waals surface area contributed by atoms with Crippen LogP contribution in [-0.4, -0.2) is 55.7 Å². The van der Waals surface area contributed by atoms with E-state index in [0.717, 1.165) is 25.8 Å². The van der Waals surface area contributed by atoms with Gasteiger partial charge in [0, 0.05) is 32.5 Å². The molecule has 1 aliphatic heterocycles. The first-order valence-corrected chi connectivity index (χ1v) is 7.57. The predicted octanol–water partition coefficient (Wildman–Crippen LogP) is 1.86. The largest absolute Gasteiger partial charge is 0.411 e. The maximum atomic E-state index is 11.8. The molecule has 8 heteroatoms. The molecule has 1 N–H and O–H groups in total. The van der Waals surface area contributed by atoms with Crippen LogP contribution in [0.4, 0.5) is 13.2 Å². The summed E-state index contributed by atoms with van der Waals surface area (Å²) in [6, 6.07) is 0. The van der Waals surface area contributed by atoms with Gasteiger partial charge in [0.05, 0.1) is 6.61 Å². The van der Waals surface area contributed by atoms with E-state index in [4.69, 9.17) is 0 Å². The van der Waals surface area contributed by atoms with Crippen LogP contribution in [0.15, 0.2) is 0 Å². The second kappa shape index (κ2) is 9.66. The fourth-order valence-electron chi connectivity index (χ4n) is 2.21. The summed E-state index contributed by atoms with van der Waals surface area (Å²) in [5.41, 5.74) is 0. The third kappa shape index (κ3) is 8.86. The molecule has 0 spiro atoms. The van der Waals surface area contributed by atoms with Crippen LogP contribution in [0.25, 0.3) is 0 Å². The van der Waals surface area contributed by atoms with Gasteiger partial charge in [-0.3, -0.25) is 9.59 Å². The van der Waals surface area contributed by atoms with Gasteiger partial charge in [-0.1, -0.05) is 6.42 Å². The third-order valence-electron chi connectivity index (χ3n) is 3.34. The van der Waals surface area contributed by atoms with Crippen molar-refractivity contribution in [3.63, 3.8) is 0 Å². The standard InChI is InChI=1S/C14H23F3N2O3/c15-14(16,17)11-22-10-6-12(20)18-7-4-9-19-8-3-1-2-5-13(19)21/h1-11H2,(H,18,20). The van der Waals surface area contributed by atoms with E-state index in [9.17, 15) is 22.8 Å². The first kappa shape index (κ1) is 18.7. The Hall–Kier alpha value is -1.31. The Labute approximate surface area is 128 Å². The molecule has 5 nitrogen and oxygen atoms in total. The lowest BCUT2D eigenvalue weighted by atomic mass is 10.2. The van der Waals surface area contributed by atoms with Crippen LogP contribution in [0, 0.1) is 0 Å². The van der Waals surface area contributed by atoms with Crippen molar-refractivity contribution >= 4 is 11.8 Å². The van der Waals surface area contributed by atoms with Crippen molar-refractivity contribution in [3.05, 3.63) is 0 Å². The average molecular weight is 324 g/mol. The molecule has 1 fully saturated rings. The number of ether oxygens (including phenoxy) is 1. The highest BCUT2D eigenvalue weighted by Gasteiger charge is 2.27. The Morgan fingerprint density at radius 3 is 2.77 bits per heavy atom. The second-order valence-corrected chi connectivity index (χ2v) is 5.31. The fourth-order valence-corrected chi connectivity index (χ4v) is 2.21. The van der Waals surface area contributed by atoms with Crippen molar-refractivity contribution in [2.45, 2.75) is 44.7 Å². The molecule has 0 saturated carbocycles. The Morgan fingerprint density at radius 2 is 2.05 bits per heavy atom. The summed E-state index contributed by atoms with van der Waals surface area (Å²) in [7, 11) is 0. The number of alkyl halides is 3. The lowest BCUT2D eigenvalue weighted by molar-refractivity contribution is -0.174. The Balaban J connectivity index is 2.03. The van der Waals surface area contributed by atoms with Crippen molar-refractivity contribution in [1.29, 1.82) is 0 Å². The first-order chi connectivity index (χ1) is 10.4. The zero-order chi connectivity index (χ0) is 16.4. The number of hydrogen-bond acceptors (Lipinski definition) is 3. The molecule has 2 amide bonds. The van der Waals surface area contributed by atoms with Gasteiger partial charge < -0.3 is 15.0 Å². The third-order valence-corrected chi connectivity index (χ3v) is 3.34. The molecular formula is C14H23F3N2O3. The number of halogens is 3. The Morgan fingerprint density at radius 1 is 1.27 bits per heavy atom. The average Bonchev–Trinajstić information content (AvgIpc) is 2.64. The van der Waals surface area contributed by atoms with Crippen molar-refractivity contribution in [3.8, 4) is 0 Å². The van der Waals surface area contributed by atoms with E-state index < -0.39 is 12.8 Å². The van der Waals surface area contributed by atoms with Crippen molar-refractivity contribution in [2.24, 2.45) is 0 Å². The van der Waals surface area contributed by atoms with Gasteiger partial charge in [-0.2, -0.15) is 13.2 Å². The number of likely N-dealkylation sites (tertiary alicyclic amines) is 1. The molecule has 0 aromatic heterocycles. The quantitative estimate of drug-likeness (QED) is 0.694. The Bertz CT molecular complexity index is 362. The second-order valence-electron chi connectivity index (χ2n) is 5.31. The molecule has 1 heterocycles. The fraction of sp³-hybridized carbons (Fsp3) is 0.857. The van der Waals surface area contributed by atoms with Gasteiger partial charge in [0.15, 0.2) is 0 Å². The van der Waals surface area contributed by atoms with Gasteiger partial charge in [-0.25, -0.2) is 0 Å². The molecule has 0 unspecified atom stereocenters. The number of amides is 2. The predicted molar refractivity (Wildman–Crippen MR) is 74.2 cm³/mol. The van der Waals surface area contributed by atoms with Crippen molar-refractivity contribution in [1.82, 2.24) is 10.2 Å². The monoisotopic (exact) mass is 324 g/mol. The molecule has 0 aromatic rings. The molecule has 0 radical (unpaired) electrons. The van der Waals surface area contributed by atoms with Crippen LogP contribution in [0.3, 0.4) is 0 Å². The van der Waals surface area contributed by atoms with E-state index in [-0.39, 0.29) is 24.8 Å². The molecule has 22 heavy (non-hydrogen) atoms. The summed E-state index contributed by atoms with van der Waals surface area (Å²) >= 11 is 0. The van der Waals surface area contributed by atoms with E-state index >= 15 is 0 Å². The highest BCUT2D eigenvalue weighted by molar-refractivity contribution is 5.76. The minimum absolute atomic E-state index is 0.0985. The lowest BCUT2D eigenvalue weighted by Crippen LogP contribution is -2.34. The summed E-state index contributed by atoms with van der Waals surface area (Å²) in [6.07, 6.45) is -0.228. The summed E-state index contributed by atoms with van der Waals surface area (Å²) < 4.78 is 39.8. The van der Waals surface area contributed by atoms with E-state index in [2.05, 4.69) is 10.1 Å². The maximum Gasteiger partial charge on any atom is 0.411 e. The van der Waals surface area contributed by atoms with Gasteiger partial charge in [-0.15, -0.1) is 0 Å². The van der Waals surface area contributed by atoms with Crippen molar-refractivity contribution < 1.29 is 27.5 Å². The van der Waals surface area contributed by atoms with E-state index in [1.807, 2.05) is 4.90 Å². The smallest absolute Gasteiger partial charge is 0.372 e. The Kier molecular flexibility index (Phi) is 8.22. The lowest BCUT2D eigenvalue weighted by Gasteiger charge is -2.20. The van der Waals surface area contributed by atoms with Gasteiger partial charge in [0.1, 0.15) is 6.61 Å². The van der Waals surface area contributed by atoms with Crippen LogP contribution < -0.4 is 5.32 Å². The number of carbonyl (C=O) groups is 2. The van der Waals surface area contributed by atoms with Gasteiger partial charge in [-0.05, 0) is 19.3 Å². The molecule has 1 aliphatic rings. The number of hydrogen-bond donors (Lipinski definition) is 1. The number of nitrogens with zero attached hydrogens (tertiary/aromatic N) is 1. The molecule has 1 rings (SSSR count). The summed E-state index contributed by atoms with van der Waals surface area (Å²) in [4.78, 5) is 24.9. The number of rotatable bonds is 8. The van der Waals surface area contributed by atoms with Crippen molar-refractivity contribution in [2.75, 3.05) is 32.8 Å². The number of carbonyl (C=O) groups excluding carboxylic acids is 2. The van der Waals surface area contributed by atoms with Crippen LogP contribution in [0.2, 0.25) is 0 Å². The summed E-state index contributed by atoms with van der Waals surface area (Å²) in [6.45, 7) is 0.178. The number of nitrogens with one attached hydrogen (secondary N) is 1.